The van der Waals surface area contributed by atoms with Crippen LogP contribution >= 0.6 is 11.6 Å². The van der Waals surface area contributed by atoms with Gasteiger partial charge in [-0.3, -0.25) is 4.79 Å². The van der Waals surface area contributed by atoms with Crippen LogP contribution in [0, 0.1) is 0 Å². The number of aromatic amines is 1. The highest BCUT2D eigenvalue weighted by atomic mass is 35.5. The van der Waals surface area contributed by atoms with Gasteiger partial charge in [-0.1, -0.05) is 54.6 Å². The van der Waals surface area contributed by atoms with Crippen LogP contribution in [0.25, 0.3) is 17.0 Å². The maximum atomic E-state index is 12.8. The van der Waals surface area contributed by atoms with Gasteiger partial charge in [-0.2, -0.15) is 0 Å². The van der Waals surface area contributed by atoms with E-state index in [2.05, 4.69) is 30.3 Å². The fourth-order valence-corrected chi connectivity index (χ4v) is 4.10. The molecular weight excluding hydrogens is 356 g/mol. The Morgan fingerprint density at radius 3 is 2.70 bits per heavy atom. The fraction of sp³-hybridized carbons (Fsp3) is 0.174. The van der Waals surface area contributed by atoms with Gasteiger partial charge in [0.05, 0.1) is 6.04 Å². The lowest BCUT2D eigenvalue weighted by atomic mass is 9.91. The van der Waals surface area contributed by atoms with Crippen LogP contribution in [0.2, 0.25) is 5.02 Å². The molecule has 0 saturated heterocycles. The summed E-state index contributed by atoms with van der Waals surface area (Å²) >= 11 is 6.23. The number of amides is 1. The summed E-state index contributed by atoms with van der Waals surface area (Å²) in [6, 6.07) is 14.0. The first kappa shape index (κ1) is 17.6. The number of halogens is 1. The lowest BCUT2D eigenvalue weighted by Gasteiger charge is -2.36. The number of nitrogens with one attached hydrogen (secondary N) is 1. The number of hydrogen-bond donors (Lipinski definition) is 1. The van der Waals surface area contributed by atoms with Crippen molar-refractivity contribution in [3.05, 3.63) is 89.1 Å². The summed E-state index contributed by atoms with van der Waals surface area (Å²) < 4.78 is 0. The molecule has 0 bridgehead atoms. The number of fused-ring (bicyclic) bond motifs is 3. The number of aromatic nitrogens is 1. The van der Waals surface area contributed by atoms with Crippen molar-refractivity contribution in [2.75, 3.05) is 6.54 Å². The molecule has 1 atom stereocenters. The van der Waals surface area contributed by atoms with E-state index in [0.29, 0.717) is 13.0 Å². The summed E-state index contributed by atoms with van der Waals surface area (Å²) in [4.78, 5) is 18.3. The summed E-state index contributed by atoms with van der Waals surface area (Å²) in [6.45, 7) is 8.22. The van der Waals surface area contributed by atoms with Crippen LogP contribution in [0.5, 0.6) is 0 Å². The summed E-state index contributed by atoms with van der Waals surface area (Å²) in [5.74, 6) is 0.0881. The monoisotopic (exact) mass is 376 g/mol. The normalized spacial score (nSPS) is 16.2. The van der Waals surface area contributed by atoms with Crippen LogP contribution in [0.3, 0.4) is 0 Å². The van der Waals surface area contributed by atoms with Crippen molar-refractivity contribution in [3.63, 3.8) is 0 Å². The van der Waals surface area contributed by atoms with E-state index in [9.17, 15) is 4.79 Å². The van der Waals surface area contributed by atoms with Gasteiger partial charge in [-0.05, 0) is 41.3 Å². The van der Waals surface area contributed by atoms with Crippen molar-refractivity contribution in [2.24, 2.45) is 0 Å². The highest BCUT2D eigenvalue weighted by molar-refractivity contribution is 6.31. The molecule has 136 valence electrons. The number of H-pyrrole nitrogens is 1. The zero-order chi connectivity index (χ0) is 19.0. The van der Waals surface area contributed by atoms with Crippen LogP contribution in [-0.2, 0) is 11.2 Å². The zero-order valence-corrected chi connectivity index (χ0v) is 15.8. The van der Waals surface area contributed by atoms with E-state index >= 15 is 0 Å². The molecule has 4 rings (SSSR count). The van der Waals surface area contributed by atoms with Crippen LogP contribution < -0.4 is 0 Å². The minimum atomic E-state index is -0.147. The summed E-state index contributed by atoms with van der Waals surface area (Å²) in [7, 11) is 0. The maximum absolute atomic E-state index is 12.8. The highest BCUT2D eigenvalue weighted by Gasteiger charge is 2.33. The summed E-state index contributed by atoms with van der Waals surface area (Å²) in [5.41, 5.74) is 5.50. The third-order valence-corrected chi connectivity index (χ3v) is 5.45. The molecule has 1 aromatic heterocycles. The molecule has 0 saturated carbocycles. The Hall–Kier alpha value is -2.78. The van der Waals surface area contributed by atoms with E-state index in [1.165, 1.54) is 5.56 Å². The molecule has 27 heavy (non-hydrogen) atoms. The number of benzene rings is 2. The van der Waals surface area contributed by atoms with Gasteiger partial charge in [0.2, 0.25) is 5.91 Å². The van der Waals surface area contributed by atoms with E-state index in [-0.39, 0.29) is 11.9 Å². The van der Waals surface area contributed by atoms with E-state index in [1.807, 2.05) is 41.3 Å². The van der Waals surface area contributed by atoms with E-state index in [4.69, 9.17) is 11.6 Å². The van der Waals surface area contributed by atoms with Crippen LogP contribution in [0.15, 0.2) is 61.7 Å². The summed E-state index contributed by atoms with van der Waals surface area (Å²) in [6.07, 6.45) is 4.63. The van der Waals surface area contributed by atoms with Crippen molar-refractivity contribution in [1.82, 2.24) is 9.88 Å². The van der Waals surface area contributed by atoms with Crippen molar-refractivity contribution >= 4 is 34.5 Å². The topological polar surface area (TPSA) is 36.1 Å². The second-order valence-electron chi connectivity index (χ2n) is 6.81. The van der Waals surface area contributed by atoms with Gasteiger partial charge in [-0.25, -0.2) is 0 Å². The smallest absolute Gasteiger partial charge is 0.227 e. The quantitative estimate of drug-likeness (QED) is 0.598. The molecule has 1 aliphatic heterocycles. The van der Waals surface area contributed by atoms with Crippen molar-refractivity contribution in [3.8, 4) is 0 Å². The van der Waals surface area contributed by atoms with Gasteiger partial charge in [0.1, 0.15) is 0 Å². The lowest BCUT2D eigenvalue weighted by Crippen LogP contribution is -2.40. The predicted molar refractivity (Wildman–Crippen MR) is 112 cm³/mol. The maximum Gasteiger partial charge on any atom is 0.227 e. The lowest BCUT2D eigenvalue weighted by molar-refractivity contribution is -0.132. The molecule has 3 aromatic rings. The Balaban J connectivity index is 1.88. The van der Waals surface area contributed by atoms with Gasteiger partial charge < -0.3 is 9.88 Å². The number of carbonyl (C=O) groups is 1. The average molecular weight is 377 g/mol. The molecule has 4 heteroatoms. The molecule has 1 aliphatic rings. The van der Waals surface area contributed by atoms with Gasteiger partial charge in [0.15, 0.2) is 0 Å². The molecule has 2 aromatic carbocycles. The second-order valence-corrected chi connectivity index (χ2v) is 7.25. The highest BCUT2D eigenvalue weighted by Crippen LogP contribution is 2.39. The van der Waals surface area contributed by atoms with Gasteiger partial charge in [0, 0.05) is 34.6 Å². The van der Waals surface area contributed by atoms with Gasteiger partial charge >= 0.3 is 0 Å². The Bertz CT molecular complexity index is 1030. The molecule has 1 N–H and O–H groups in total. The number of hydrogen-bond acceptors (Lipinski definition) is 1. The molecule has 1 unspecified atom stereocenters. The zero-order valence-electron chi connectivity index (χ0n) is 15.0. The third-order valence-electron chi connectivity index (χ3n) is 5.22. The Labute approximate surface area is 164 Å². The number of carbonyl (C=O) groups excluding carboxylic acids is 1. The summed E-state index contributed by atoms with van der Waals surface area (Å²) in [5, 5.41) is 1.86. The van der Waals surface area contributed by atoms with E-state index < -0.39 is 0 Å². The predicted octanol–water partition coefficient (Wildman–Crippen LogP) is 5.51. The van der Waals surface area contributed by atoms with E-state index in [0.717, 1.165) is 39.2 Å². The van der Waals surface area contributed by atoms with Crippen LogP contribution in [0.1, 0.15) is 34.8 Å². The minimum Gasteiger partial charge on any atom is -0.356 e. The van der Waals surface area contributed by atoms with E-state index in [1.54, 1.807) is 6.08 Å². The molecule has 3 nitrogen and oxygen atoms in total. The Morgan fingerprint density at radius 1 is 1.22 bits per heavy atom. The molecule has 0 spiro atoms. The molecule has 0 radical (unpaired) electrons. The minimum absolute atomic E-state index is 0.0881. The van der Waals surface area contributed by atoms with Crippen molar-refractivity contribution in [1.29, 1.82) is 0 Å². The fourth-order valence-electron chi connectivity index (χ4n) is 3.93. The second kappa shape index (κ2) is 7.09. The largest absolute Gasteiger partial charge is 0.356 e. The molecule has 0 fully saturated rings. The Kier molecular flexibility index (Phi) is 4.63. The van der Waals surface area contributed by atoms with Gasteiger partial charge in [-0.15, -0.1) is 6.58 Å². The first-order valence-corrected chi connectivity index (χ1v) is 9.43. The SMILES string of the molecule is C=CCC(=O)N1CCc2c([nH]c3ccc(Cl)cc23)C1c1ccc(C=C)cc1. The first-order valence-electron chi connectivity index (χ1n) is 9.05. The van der Waals surface area contributed by atoms with Crippen LogP contribution in [0.4, 0.5) is 0 Å². The van der Waals surface area contributed by atoms with Crippen molar-refractivity contribution in [2.45, 2.75) is 18.9 Å². The number of rotatable bonds is 4. The number of nitrogens with zero attached hydrogens (tertiary/aromatic N) is 1. The molecule has 2 heterocycles. The Morgan fingerprint density at radius 2 is 2.00 bits per heavy atom. The third kappa shape index (κ3) is 3.08. The van der Waals surface area contributed by atoms with Crippen LogP contribution in [-0.4, -0.2) is 22.3 Å². The standard InChI is InChI=1S/C23H21ClN2O/c1-3-5-21(27)26-13-12-18-19-14-17(24)10-11-20(19)25-22(18)23(26)16-8-6-15(4-2)7-9-16/h3-4,6-11,14,23,25H,1-2,5,12-13H2. The van der Waals surface area contributed by atoms with Crippen molar-refractivity contribution < 1.29 is 4.79 Å². The van der Waals surface area contributed by atoms with Gasteiger partial charge in [0.25, 0.3) is 0 Å². The average Bonchev–Trinajstić information content (AvgIpc) is 3.05. The first-order chi connectivity index (χ1) is 13.1. The molecular formula is C23H21ClN2O. The molecule has 1 amide bonds. The molecule has 0 aliphatic carbocycles.